The van der Waals surface area contributed by atoms with E-state index in [0.717, 1.165) is 35.2 Å². The molecule has 5 rings (SSSR count). The molecular formula is C25H25N5O2S. The van der Waals surface area contributed by atoms with Crippen LogP contribution in [0.5, 0.6) is 0 Å². The van der Waals surface area contributed by atoms with Gasteiger partial charge in [0, 0.05) is 24.2 Å². The van der Waals surface area contributed by atoms with Crippen molar-refractivity contribution in [2.24, 2.45) is 7.05 Å². The summed E-state index contributed by atoms with van der Waals surface area (Å²) in [5.41, 5.74) is 5.62. The van der Waals surface area contributed by atoms with Gasteiger partial charge in [-0.2, -0.15) is 5.10 Å². The monoisotopic (exact) mass is 459 g/mol. The first-order valence-corrected chi connectivity index (χ1v) is 12.3. The Labute approximate surface area is 193 Å². The van der Waals surface area contributed by atoms with Crippen LogP contribution in [-0.2, 0) is 22.5 Å². The van der Waals surface area contributed by atoms with Crippen molar-refractivity contribution in [1.29, 1.82) is 0 Å². The highest BCUT2D eigenvalue weighted by Crippen LogP contribution is 2.53. The lowest BCUT2D eigenvalue weighted by atomic mass is 9.90. The molecule has 0 aliphatic heterocycles. The smallest absolute Gasteiger partial charge is 0.267 e. The SMILES string of the molecule is Cc1cccc(C)c1-c1cc(C2(c3ccccc3)CC2)nc(NS(=O)(=O)c2cnn(C)c2)n1. The second-order valence-electron chi connectivity index (χ2n) is 8.63. The molecule has 0 radical (unpaired) electrons. The highest BCUT2D eigenvalue weighted by atomic mass is 32.2. The molecule has 0 spiro atoms. The molecule has 4 aromatic rings. The van der Waals surface area contributed by atoms with Crippen LogP contribution in [0.1, 0.15) is 35.2 Å². The number of nitrogens with one attached hydrogen (secondary N) is 1. The first-order valence-electron chi connectivity index (χ1n) is 10.8. The molecule has 0 amide bonds. The van der Waals surface area contributed by atoms with E-state index < -0.39 is 10.0 Å². The number of aryl methyl sites for hydroxylation is 3. The zero-order valence-corrected chi connectivity index (χ0v) is 19.6. The molecule has 2 aromatic heterocycles. The van der Waals surface area contributed by atoms with E-state index in [4.69, 9.17) is 4.98 Å². The lowest BCUT2D eigenvalue weighted by molar-refractivity contribution is 0.600. The summed E-state index contributed by atoms with van der Waals surface area (Å²) in [5.74, 6) is 0.0659. The quantitative estimate of drug-likeness (QED) is 0.462. The summed E-state index contributed by atoms with van der Waals surface area (Å²) in [4.78, 5) is 9.43. The van der Waals surface area contributed by atoms with Crippen LogP contribution >= 0.6 is 0 Å². The minimum Gasteiger partial charge on any atom is -0.274 e. The number of nitrogens with zero attached hydrogens (tertiary/aromatic N) is 4. The lowest BCUT2D eigenvalue weighted by Crippen LogP contribution is -2.18. The van der Waals surface area contributed by atoms with E-state index in [1.54, 1.807) is 7.05 Å². The Morgan fingerprint density at radius 2 is 1.67 bits per heavy atom. The summed E-state index contributed by atoms with van der Waals surface area (Å²) in [6, 6.07) is 18.3. The molecule has 2 heterocycles. The van der Waals surface area contributed by atoms with Gasteiger partial charge in [0.15, 0.2) is 0 Å². The standard InChI is InChI=1S/C25H25N5O2S/c1-17-8-7-9-18(2)23(17)21-14-22(25(12-13-25)19-10-5-4-6-11-19)28-24(27-21)29-33(31,32)20-15-26-30(3)16-20/h4-11,14-16H,12-13H2,1-3H3,(H,27,28,29). The van der Waals surface area contributed by atoms with E-state index in [0.29, 0.717) is 5.69 Å². The van der Waals surface area contributed by atoms with Crippen LogP contribution in [0.15, 0.2) is 71.9 Å². The van der Waals surface area contributed by atoms with Gasteiger partial charge in [-0.15, -0.1) is 0 Å². The summed E-state index contributed by atoms with van der Waals surface area (Å²) in [6.45, 7) is 4.07. The number of aromatic nitrogens is 4. The molecule has 8 heteroatoms. The average molecular weight is 460 g/mol. The van der Waals surface area contributed by atoms with Gasteiger partial charge in [-0.3, -0.25) is 4.68 Å². The number of sulfonamides is 1. The second kappa shape index (κ2) is 7.81. The Morgan fingerprint density at radius 3 is 2.27 bits per heavy atom. The summed E-state index contributed by atoms with van der Waals surface area (Å²) in [7, 11) is -2.20. The molecular weight excluding hydrogens is 434 g/mol. The van der Waals surface area contributed by atoms with E-state index in [-0.39, 0.29) is 16.3 Å². The van der Waals surface area contributed by atoms with Crippen LogP contribution in [0.2, 0.25) is 0 Å². The maximum absolute atomic E-state index is 13.0. The van der Waals surface area contributed by atoms with Crippen molar-refractivity contribution in [1.82, 2.24) is 19.7 Å². The van der Waals surface area contributed by atoms with Crippen molar-refractivity contribution in [3.8, 4) is 11.3 Å². The van der Waals surface area contributed by atoms with Crippen LogP contribution in [0.4, 0.5) is 5.95 Å². The summed E-state index contributed by atoms with van der Waals surface area (Å²) >= 11 is 0. The van der Waals surface area contributed by atoms with E-state index in [1.807, 2.05) is 56.3 Å². The number of hydrogen-bond acceptors (Lipinski definition) is 5. The van der Waals surface area contributed by atoms with Crippen LogP contribution < -0.4 is 4.72 Å². The molecule has 7 nitrogen and oxygen atoms in total. The Morgan fingerprint density at radius 1 is 0.970 bits per heavy atom. The van der Waals surface area contributed by atoms with E-state index in [9.17, 15) is 8.42 Å². The fourth-order valence-electron chi connectivity index (χ4n) is 4.38. The fraction of sp³-hybridized carbons (Fsp3) is 0.240. The van der Waals surface area contributed by atoms with Gasteiger partial charge in [0.25, 0.3) is 10.0 Å². The predicted octanol–water partition coefficient (Wildman–Crippen LogP) is 4.37. The number of rotatable bonds is 6. The molecule has 1 aliphatic rings. The maximum atomic E-state index is 13.0. The largest absolute Gasteiger partial charge is 0.274 e. The normalized spacial score (nSPS) is 14.8. The molecule has 168 valence electrons. The molecule has 0 unspecified atom stereocenters. The molecule has 2 aromatic carbocycles. The third-order valence-corrected chi connectivity index (χ3v) is 7.53. The Kier molecular flexibility index (Phi) is 5.05. The number of benzene rings is 2. The Bertz CT molecular complexity index is 1420. The topological polar surface area (TPSA) is 89.8 Å². The zero-order chi connectivity index (χ0) is 23.2. The van der Waals surface area contributed by atoms with Crippen molar-refractivity contribution in [2.75, 3.05) is 4.72 Å². The highest BCUT2D eigenvalue weighted by molar-refractivity contribution is 7.92. The van der Waals surface area contributed by atoms with Crippen molar-refractivity contribution >= 4 is 16.0 Å². The van der Waals surface area contributed by atoms with Crippen molar-refractivity contribution in [3.05, 3.63) is 89.4 Å². The van der Waals surface area contributed by atoms with E-state index in [2.05, 4.69) is 26.9 Å². The zero-order valence-electron chi connectivity index (χ0n) is 18.8. The fourth-order valence-corrected chi connectivity index (χ4v) is 5.30. The van der Waals surface area contributed by atoms with Crippen molar-refractivity contribution < 1.29 is 8.42 Å². The third-order valence-electron chi connectivity index (χ3n) is 6.25. The molecule has 33 heavy (non-hydrogen) atoms. The van der Waals surface area contributed by atoms with Crippen molar-refractivity contribution in [3.63, 3.8) is 0 Å². The molecule has 0 bridgehead atoms. The number of anilines is 1. The van der Waals surface area contributed by atoms with Gasteiger partial charge < -0.3 is 0 Å². The summed E-state index contributed by atoms with van der Waals surface area (Å²) in [5, 5.41) is 3.98. The molecule has 0 atom stereocenters. The van der Waals surface area contributed by atoms with Gasteiger partial charge in [-0.25, -0.2) is 23.1 Å². The molecule has 0 saturated heterocycles. The van der Waals surface area contributed by atoms with Gasteiger partial charge in [-0.1, -0.05) is 48.5 Å². The van der Waals surface area contributed by atoms with Crippen molar-refractivity contribution in [2.45, 2.75) is 37.0 Å². The summed E-state index contributed by atoms with van der Waals surface area (Å²) in [6.07, 6.45) is 4.67. The van der Waals surface area contributed by atoms with Crippen LogP contribution in [0.25, 0.3) is 11.3 Å². The maximum Gasteiger partial charge on any atom is 0.267 e. The second-order valence-corrected chi connectivity index (χ2v) is 10.3. The van der Waals surface area contributed by atoms with Crippen LogP contribution in [0.3, 0.4) is 0 Å². The number of hydrogen-bond donors (Lipinski definition) is 1. The van der Waals surface area contributed by atoms with E-state index in [1.165, 1.54) is 22.6 Å². The third kappa shape index (κ3) is 3.91. The van der Waals surface area contributed by atoms with E-state index >= 15 is 0 Å². The Hall–Kier alpha value is -3.52. The van der Waals surface area contributed by atoms with Gasteiger partial charge in [-0.05, 0) is 49.4 Å². The predicted molar refractivity (Wildman–Crippen MR) is 127 cm³/mol. The lowest BCUT2D eigenvalue weighted by Gasteiger charge is -2.19. The minimum absolute atomic E-state index is 0.0659. The highest BCUT2D eigenvalue weighted by Gasteiger charge is 2.47. The first kappa shape index (κ1) is 21.3. The van der Waals surface area contributed by atoms with Crippen LogP contribution in [-0.4, -0.2) is 28.2 Å². The summed E-state index contributed by atoms with van der Waals surface area (Å²) < 4.78 is 30.0. The molecule has 1 N–H and O–H groups in total. The van der Waals surface area contributed by atoms with Gasteiger partial charge in [0.1, 0.15) is 4.90 Å². The minimum atomic E-state index is -3.88. The van der Waals surface area contributed by atoms with Gasteiger partial charge in [0.05, 0.1) is 17.6 Å². The molecule has 1 fully saturated rings. The van der Waals surface area contributed by atoms with Gasteiger partial charge >= 0.3 is 0 Å². The molecule has 1 aliphatic carbocycles. The average Bonchev–Trinajstić information content (AvgIpc) is 3.48. The first-order chi connectivity index (χ1) is 15.8. The van der Waals surface area contributed by atoms with Gasteiger partial charge in [0.2, 0.25) is 5.95 Å². The Balaban J connectivity index is 1.66. The van der Waals surface area contributed by atoms with Crippen LogP contribution in [0, 0.1) is 13.8 Å². The molecule has 1 saturated carbocycles.